The van der Waals surface area contributed by atoms with E-state index in [0.717, 1.165) is 0 Å². The van der Waals surface area contributed by atoms with E-state index in [0.29, 0.717) is 19.4 Å². The van der Waals surface area contributed by atoms with Gasteiger partial charge >= 0.3 is 5.97 Å². The van der Waals surface area contributed by atoms with Crippen LogP contribution in [0.4, 0.5) is 0 Å². The molecular formula is C13H20O4. The van der Waals surface area contributed by atoms with E-state index in [1.807, 2.05) is 0 Å². The van der Waals surface area contributed by atoms with Crippen molar-refractivity contribution in [1.82, 2.24) is 0 Å². The summed E-state index contributed by atoms with van der Waals surface area (Å²) in [5.74, 6) is -0.534. The maximum atomic E-state index is 11.7. The second-order valence-corrected chi connectivity index (χ2v) is 3.41. The Morgan fingerprint density at radius 2 is 2.00 bits per heavy atom. The molecule has 0 aromatic heterocycles. The molecule has 0 radical (unpaired) electrons. The zero-order valence-electron chi connectivity index (χ0n) is 10.3. The van der Waals surface area contributed by atoms with E-state index in [-0.39, 0.29) is 18.8 Å². The van der Waals surface area contributed by atoms with Gasteiger partial charge in [0.15, 0.2) is 5.78 Å². The maximum absolute atomic E-state index is 11.7. The fraction of sp³-hybridized carbons (Fsp3) is 0.538. The van der Waals surface area contributed by atoms with E-state index in [9.17, 15) is 9.59 Å². The highest BCUT2D eigenvalue weighted by Gasteiger charge is 2.22. The van der Waals surface area contributed by atoms with Crippen LogP contribution in [0.5, 0.6) is 0 Å². The van der Waals surface area contributed by atoms with E-state index in [4.69, 9.17) is 9.47 Å². The SMILES string of the molecule is C=CCCC(=O)[C@H](CC(=O)OCC)OCC=C. The molecule has 0 amide bonds. The maximum Gasteiger partial charge on any atom is 0.308 e. The van der Waals surface area contributed by atoms with Crippen molar-refractivity contribution in [1.29, 1.82) is 0 Å². The first kappa shape index (κ1) is 15.6. The van der Waals surface area contributed by atoms with Gasteiger partial charge in [-0.25, -0.2) is 0 Å². The van der Waals surface area contributed by atoms with Crippen LogP contribution >= 0.6 is 0 Å². The molecule has 4 nitrogen and oxygen atoms in total. The smallest absolute Gasteiger partial charge is 0.308 e. The van der Waals surface area contributed by atoms with Crippen LogP contribution in [0.2, 0.25) is 0 Å². The van der Waals surface area contributed by atoms with Crippen molar-refractivity contribution in [2.75, 3.05) is 13.2 Å². The lowest BCUT2D eigenvalue weighted by Gasteiger charge is -2.14. The van der Waals surface area contributed by atoms with E-state index in [1.165, 1.54) is 0 Å². The number of ether oxygens (including phenoxy) is 2. The second-order valence-electron chi connectivity index (χ2n) is 3.41. The van der Waals surface area contributed by atoms with Crippen molar-refractivity contribution in [3.8, 4) is 0 Å². The first-order valence-electron chi connectivity index (χ1n) is 5.67. The summed E-state index contributed by atoms with van der Waals surface area (Å²) in [5, 5.41) is 0. The summed E-state index contributed by atoms with van der Waals surface area (Å²) in [5.41, 5.74) is 0. The molecule has 0 heterocycles. The minimum absolute atomic E-state index is 0.0440. The number of ketones is 1. The average molecular weight is 240 g/mol. The Bertz CT molecular complexity index is 271. The molecule has 0 saturated heterocycles. The lowest BCUT2D eigenvalue weighted by Crippen LogP contribution is -2.28. The molecule has 4 heteroatoms. The minimum atomic E-state index is -0.744. The van der Waals surface area contributed by atoms with Gasteiger partial charge in [0.2, 0.25) is 0 Å². The summed E-state index contributed by atoms with van der Waals surface area (Å²) in [6.45, 7) is 9.30. The van der Waals surface area contributed by atoms with Gasteiger partial charge in [0.25, 0.3) is 0 Å². The Balaban J connectivity index is 4.29. The van der Waals surface area contributed by atoms with Crippen molar-refractivity contribution in [3.63, 3.8) is 0 Å². The Morgan fingerprint density at radius 1 is 1.29 bits per heavy atom. The lowest BCUT2D eigenvalue weighted by molar-refractivity contribution is -0.149. The molecule has 1 atom stereocenters. The predicted molar refractivity (Wildman–Crippen MR) is 65.6 cm³/mol. The second kappa shape index (κ2) is 9.78. The fourth-order valence-corrected chi connectivity index (χ4v) is 1.23. The van der Waals surface area contributed by atoms with Crippen molar-refractivity contribution in [3.05, 3.63) is 25.3 Å². The van der Waals surface area contributed by atoms with Crippen molar-refractivity contribution in [2.24, 2.45) is 0 Å². The monoisotopic (exact) mass is 240 g/mol. The van der Waals surface area contributed by atoms with E-state index in [1.54, 1.807) is 19.1 Å². The number of allylic oxidation sites excluding steroid dienone is 1. The standard InChI is InChI=1S/C13H20O4/c1-4-7-8-11(14)12(17-9-5-2)10-13(15)16-6-3/h4-5,12H,1-2,6-10H2,3H3/t12-/m0/s1. The Labute approximate surface area is 102 Å². The summed E-state index contributed by atoms with van der Waals surface area (Å²) in [4.78, 5) is 23.0. The summed E-state index contributed by atoms with van der Waals surface area (Å²) in [6, 6.07) is 0. The number of esters is 1. The molecule has 0 aliphatic heterocycles. The molecule has 0 fully saturated rings. The largest absolute Gasteiger partial charge is 0.466 e. The lowest BCUT2D eigenvalue weighted by atomic mass is 10.1. The summed E-state index contributed by atoms with van der Waals surface area (Å²) in [7, 11) is 0. The number of carbonyl (C=O) groups is 2. The average Bonchev–Trinajstić information content (AvgIpc) is 2.31. The van der Waals surface area contributed by atoms with Gasteiger partial charge in [0, 0.05) is 6.42 Å². The molecule has 0 N–H and O–H groups in total. The number of hydrogen-bond donors (Lipinski definition) is 0. The highest BCUT2D eigenvalue weighted by atomic mass is 16.5. The van der Waals surface area contributed by atoms with Crippen molar-refractivity contribution >= 4 is 11.8 Å². The van der Waals surface area contributed by atoms with Crippen LogP contribution in [0.3, 0.4) is 0 Å². The molecule has 17 heavy (non-hydrogen) atoms. The third kappa shape index (κ3) is 7.47. The van der Waals surface area contributed by atoms with Crippen molar-refractivity contribution in [2.45, 2.75) is 32.3 Å². The highest BCUT2D eigenvalue weighted by Crippen LogP contribution is 2.07. The molecule has 0 aliphatic rings. The van der Waals surface area contributed by atoms with Gasteiger partial charge < -0.3 is 9.47 Å². The van der Waals surface area contributed by atoms with Crippen LogP contribution < -0.4 is 0 Å². The van der Waals surface area contributed by atoms with E-state index < -0.39 is 12.1 Å². The van der Waals surface area contributed by atoms with Crippen LogP contribution in [-0.2, 0) is 19.1 Å². The molecule has 0 bridgehead atoms. The summed E-state index contributed by atoms with van der Waals surface area (Å²) in [6.07, 6.45) is 3.32. The molecule has 0 unspecified atom stereocenters. The zero-order chi connectivity index (χ0) is 13.1. The van der Waals surface area contributed by atoms with Crippen LogP contribution in [-0.4, -0.2) is 31.1 Å². The predicted octanol–water partition coefficient (Wildman–Crippen LogP) is 2.05. The molecule has 0 aliphatic carbocycles. The first-order valence-corrected chi connectivity index (χ1v) is 5.67. The minimum Gasteiger partial charge on any atom is -0.466 e. The molecule has 0 aromatic carbocycles. The molecule has 0 spiro atoms. The Morgan fingerprint density at radius 3 is 2.53 bits per heavy atom. The number of rotatable bonds is 10. The summed E-state index contributed by atoms with van der Waals surface area (Å²) < 4.78 is 10.1. The van der Waals surface area contributed by atoms with Crippen LogP contribution in [0.25, 0.3) is 0 Å². The molecule has 0 aromatic rings. The van der Waals surface area contributed by atoms with Gasteiger partial charge in [-0.05, 0) is 13.3 Å². The quantitative estimate of drug-likeness (QED) is 0.433. The highest BCUT2D eigenvalue weighted by molar-refractivity contribution is 5.87. The molecular weight excluding hydrogens is 220 g/mol. The van der Waals surface area contributed by atoms with Crippen LogP contribution in [0.1, 0.15) is 26.2 Å². The normalized spacial score (nSPS) is 11.6. The summed E-state index contributed by atoms with van der Waals surface area (Å²) >= 11 is 0. The first-order chi connectivity index (χ1) is 8.15. The Kier molecular flexibility index (Phi) is 8.96. The Hall–Kier alpha value is -1.42. The van der Waals surface area contributed by atoms with Gasteiger partial charge in [0.05, 0.1) is 19.6 Å². The molecule has 0 saturated carbocycles. The fourth-order valence-electron chi connectivity index (χ4n) is 1.23. The number of hydrogen-bond acceptors (Lipinski definition) is 4. The van der Waals surface area contributed by atoms with Gasteiger partial charge in [-0.2, -0.15) is 0 Å². The number of carbonyl (C=O) groups excluding carboxylic acids is 2. The molecule has 0 rings (SSSR count). The van der Waals surface area contributed by atoms with E-state index >= 15 is 0 Å². The number of Topliss-reactive ketones (excluding diaryl/α,β-unsaturated/α-hetero) is 1. The van der Waals surface area contributed by atoms with Gasteiger partial charge in [-0.1, -0.05) is 12.2 Å². The van der Waals surface area contributed by atoms with Gasteiger partial charge in [-0.3, -0.25) is 9.59 Å². The molecule has 96 valence electrons. The van der Waals surface area contributed by atoms with Crippen molar-refractivity contribution < 1.29 is 19.1 Å². The van der Waals surface area contributed by atoms with Gasteiger partial charge in [0.1, 0.15) is 6.10 Å². The third-order valence-electron chi connectivity index (χ3n) is 2.03. The van der Waals surface area contributed by atoms with Crippen LogP contribution in [0.15, 0.2) is 25.3 Å². The van der Waals surface area contributed by atoms with E-state index in [2.05, 4.69) is 13.2 Å². The topological polar surface area (TPSA) is 52.6 Å². The van der Waals surface area contributed by atoms with Gasteiger partial charge in [-0.15, -0.1) is 13.2 Å². The zero-order valence-corrected chi connectivity index (χ0v) is 10.3. The van der Waals surface area contributed by atoms with Crippen LogP contribution in [0, 0.1) is 0 Å². The third-order valence-corrected chi connectivity index (χ3v) is 2.03.